The molecule has 0 unspecified atom stereocenters. The molecule has 3 rings (SSSR count). The van der Waals surface area contributed by atoms with Crippen molar-refractivity contribution in [1.82, 2.24) is 4.98 Å². The van der Waals surface area contributed by atoms with Crippen molar-refractivity contribution in [3.05, 3.63) is 72.6 Å². The molecule has 0 saturated carbocycles. The zero-order valence-corrected chi connectivity index (χ0v) is 13.9. The fourth-order valence-corrected chi connectivity index (χ4v) is 2.53. The topological polar surface area (TPSA) is 31.4 Å². The lowest BCUT2D eigenvalue weighted by atomic mass is 9.98. The van der Waals surface area contributed by atoms with Crippen LogP contribution in [0.4, 0.5) is 26.3 Å². The summed E-state index contributed by atoms with van der Waals surface area (Å²) in [6.07, 6.45) is -7.24. The van der Waals surface area contributed by atoms with Gasteiger partial charge in [-0.25, -0.2) is 0 Å². The number of alkyl halides is 6. The number of para-hydroxylation sites is 1. The van der Waals surface area contributed by atoms with Gasteiger partial charge in [-0.05, 0) is 29.8 Å². The minimum absolute atomic E-state index is 0.0933. The third-order valence-corrected chi connectivity index (χ3v) is 3.58. The highest BCUT2D eigenvalue weighted by Gasteiger charge is 2.37. The van der Waals surface area contributed by atoms with E-state index in [1.165, 1.54) is 36.7 Å². The molecular weight excluding hydrogens is 388 g/mol. The maximum atomic E-state index is 13.3. The Morgan fingerprint density at radius 3 is 2.11 bits per heavy atom. The molecule has 1 aromatic heterocycles. The van der Waals surface area contributed by atoms with Gasteiger partial charge in [0.1, 0.15) is 5.75 Å². The van der Waals surface area contributed by atoms with E-state index < -0.39 is 40.7 Å². The van der Waals surface area contributed by atoms with Crippen LogP contribution in [0, 0.1) is 0 Å². The van der Waals surface area contributed by atoms with Crippen molar-refractivity contribution in [2.75, 3.05) is 0 Å². The van der Waals surface area contributed by atoms with Gasteiger partial charge in [0, 0.05) is 11.8 Å². The van der Waals surface area contributed by atoms with E-state index in [4.69, 9.17) is 4.74 Å². The first-order chi connectivity index (χ1) is 13.1. The van der Waals surface area contributed by atoms with Crippen LogP contribution in [0.1, 0.15) is 5.56 Å². The van der Waals surface area contributed by atoms with Gasteiger partial charge in [0.15, 0.2) is 11.5 Å². The summed E-state index contributed by atoms with van der Waals surface area (Å²) in [6, 6.07) is 10.7. The minimum Gasteiger partial charge on any atom is -0.452 e. The van der Waals surface area contributed by atoms with Crippen molar-refractivity contribution in [3.63, 3.8) is 0 Å². The lowest BCUT2D eigenvalue weighted by molar-refractivity contribution is -0.274. The van der Waals surface area contributed by atoms with Gasteiger partial charge >= 0.3 is 12.5 Å². The number of aromatic nitrogens is 1. The van der Waals surface area contributed by atoms with Crippen LogP contribution in [0.25, 0.3) is 11.1 Å². The van der Waals surface area contributed by atoms with Gasteiger partial charge in [0.05, 0.1) is 11.8 Å². The number of ether oxygens (including phenoxy) is 2. The highest BCUT2D eigenvalue weighted by atomic mass is 19.4. The van der Waals surface area contributed by atoms with Gasteiger partial charge in [-0.1, -0.05) is 30.3 Å². The SMILES string of the molecule is FC(F)(F)Oc1c(Oc2cccnc2)cccc1-c1ccccc1C(F)(F)F. The van der Waals surface area contributed by atoms with E-state index in [9.17, 15) is 26.3 Å². The second kappa shape index (κ2) is 7.41. The predicted octanol–water partition coefficient (Wildman–Crippen LogP) is 6.46. The van der Waals surface area contributed by atoms with E-state index in [1.54, 1.807) is 0 Å². The maximum absolute atomic E-state index is 13.3. The number of benzene rings is 2. The lowest BCUT2D eigenvalue weighted by Gasteiger charge is -2.19. The zero-order chi connectivity index (χ0) is 20.4. The molecule has 28 heavy (non-hydrogen) atoms. The highest BCUT2D eigenvalue weighted by molar-refractivity contribution is 5.77. The Labute approximate surface area is 155 Å². The Balaban J connectivity index is 2.18. The number of hydrogen-bond donors (Lipinski definition) is 0. The molecule has 0 saturated heterocycles. The number of rotatable bonds is 4. The Bertz CT molecular complexity index is 955. The van der Waals surface area contributed by atoms with Gasteiger partial charge < -0.3 is 9.47 Å². The molecule has 1 heterocycles. The Hall–Kier alpha value is -3.23. The van der Waals surface area contributed by atoms with Crippen LogP contribution in [-0.2, 0) is 6.18 Å². The summed E-state index contributed by atoms with van der Waals surface area (Å²) in [6.45, 7) is 0. The summed E-state index contributed by atoms with van der Waals surface area (Å²) in [5.41, 5.74) is -1.97. The van der Waals surface area contributed by atoms with Crippen LogP contribution in [0.15, 0.2) is 67.0 Å². The number of hydrogen-bond acceptors (Lipinski definition) is 3. The molecule has 0 radical (unpaired) electrons. The van der Waals surface area contributed by atoms with Crippen molar-refractivity contribution in [2.45, 2.75) is 12.5 Å². The molecular formula is C19H11F6NO2. The summed E-state index contributed by atoms with van der Waals surface area (Å²) < 4.78 is 88.4. The summed E-state index contributed by atoms with van der Waals surface area (Å²) in [4.78, 5) is 3.78. The molecule has 0 spiro atoms. The largest absolute Gasteiger partial charge is 0.573 e. The van der Waals surface area contributed by atoms with E-state index in [2.05, 4.69) is 9.72 Å². The van der Waals surface area contributed by atoms with Gasteiger partial charge in [0.25, 0.3) is 0 Å². The monoisotopic (exact) mass is 399 g/mol. The van der Waals surface area contributed by atoms with Crippen LogP contribution in [0.5, 0.6) is 17.2 Å². The van der Waals surface area contributed by atoms with Crippen LogP contribution in [0.3, 0.4) is 0 Å². The van der Waals surface area contributed by atoms with Crippen molar-refractivity contribution in [3.8, 4) is 28.4 Å². The summed E-state index contributed by atoms with van der Waals surface area (Å²) in [7, 11) is 0. The first-order valence-corrected chi connectivity index (χ1v) is 7.78. The average Bonchev–Trinajstić information content (AvgIpc) is 2.62. The van der Waals surface area contributed by atoms with E-state index in [0.29, 0.717) is 0 Å². The van der Waals surface area contributed by atoms with Crippen LogP contribution in [-0.4, -0.2) is 11.3 Å². The molecule has 0 aliphatic carbocycles. The molecule has 9 heteroatoms. The molecule has 0 aliphatic rings. The van der Waals surface area contributed by atoms with E-state index in [0.717, 1.165) is 30.3 Å². The summed E-state index contributed by atoms with van der Waals surface area (Å²) >= 11 is 0. The lowest BCUT2D eigenvalue weighted by Crippen LogP contribution is -2.18. The smallest absolute Gasteiger partial charge is 0.452 e. The molecule has 0 N–H and O–H groups in total. The van der Waals surface area contributed by atoms with Crippen molar-refractivity contribution in [2.24, 2.45) is 0 Å². The molecule has 3 aromatic rings. The van der Waals surface area contributed by atoms with Crippen LogP contribution < -0.4 is 9.47 Å². The molecule has 0 bridgehead atoms. The molecule has 2 aromatic carbocycles. The van der Waals surface area contributed by atoms with Gasteiger partial charge in [0.2, 0.25) is 0 Å². The first kappa shape index (κ1) is 19.5. The quantitative estimate of drug-likeness (QED) is 0.472. The third kappa shape index (κ3) is 4.54. The third-order valence-electron chi connectivity index (χ3n) is 3.58. The second-order valence-corrected chi connectivity index (χ2v) is 5.51. The van der Waals surface area contributed by atoms with Crippen molar-refractivity contribution in [1.29, 1.82) is 0 Å². The Kier molecular flexibility index (Phi) is 5.17. The molecule has 0 aliphatic heterocycles. The Morgan fingerprint density at radius 1 is 0.750 bits per heavy atom. The van der Waals surface area contributed by atoms with Gasteiger partial charge in [-0.2, -0.15) is 13.2 Å². The number of halogens is 6. The first-order valence-electron chi connectivity index (χ1n) is 7.78. The summed E-state index contributed by atoms with van der Waals surface area (Å²) in [5, 5.41) is 0. The van der Waals surface area contributed by atoms with Crippen LogP contribution in [0.2, 0.25) is 0 Å². The van der Waals surface area contributed by atoms with E-state index in [-0.39, 0.29) is 5.75 Å². The fraction of sp³-hybridized carbons (Fsp3) is 0.105. The Morgan fingerprint density at radius 2 is 1.46 bits per heavy atom. The van der Waals surface area contributed by atoms with Gasteiger partial charge in [-0.15, -0.1) is 13.2 Å². The molecule has 0 amide bonds. The maximum Gasteiger partial charge on any atom is 0.573 e. The average molecular weight is 399 g/mol. The number of pyridine rings is 1. The number of nitrogens with zero attached hydrogens (tertiary/aromatic N) is 1. The van der Waals surface area contributed by atoms with E-state index >= 15 is 0 Å². The van der Waals surface area contributed by atoms with E-state index in [1.807, 2.05) is 0 Å². The standard InChI is InChI=1S/C19H11F6NO2/c20-18(21,22)15-8-2-1-6-13(15)14-7-3-9-16(17(14)28-19(23,24)25)27-12-5-4-10-26-11-12/h1-11H. The fourth-order valence-electron chi connectivity index (χ4n) is 2.53. The normalized spacial score (nSPS) is 11.9. The zero-order valence-electron chi connectivity index (χ0n) is 13.9. The van der Waals surface area contributed by atoms with Gasteiger partial charge in [-0.3, -0.25) is 4.98 Å². The molecule has 0 fully saturated rings. The molecule has 3 nitrogen and oxygen atoms in total. The minimum atomic E-state index is -5.14. The van der Waals surface area contributed by atoms with Crippen molar-refractivity contribution < 1.29 is 35.8 Å². The van der Waals surface area contributed by atoms with Crippen molar-refractivity contribution >= 4 is 0 Å². The highest BCUT2D eigenvalue weighted by Crippen LogP contribution is 2.46. The van der Waals surface area contributed by atoms with Crippen LogP contribution >= 0.6 is 0 Å². The second-order valence-electron chi connectivity index (χ2n) is 5.51. The summed E-state index contributed by atoms with van der Waals surface area (Å²) in [5.74, 6) is -1.19. The predicted molar refractivity (Wildman–Crippen MR) is 87.9 cm³/mol. The molecule has 146 valence electrons. The molecule has 0 atom stereocenters.